The highest BCUT2D eigenvalue weighted by Gasteiger charge is 2.22. The SMILES string of the molecule is CC1NC(N)=Nc2cccc(NC(C)(C)C)c21. The Morgan fingerprint density at radius 2 is 2.06 bits per heavy atom. The molecule has 0 amide bonds. The van der Waals surface area contributed by atoms with Crippen molar-refractivity contribution in [2.24, 2.45) is 10.7 Å². The molecule has 1 aliphatic rings. The molecule has 4 heteroatoms. The predicted octanol–water partition coefficient (Wildman–Crippen LogP) is 2.51. The summed E-state index contributed by atoms with van der Waals surface area (Å²) in [7, 11) is 0. The molecular weight excluding hydrogens is 212 g/mol. The first kappa shape index (κ1) is 11.8. The topological polar surface area (TPSA) is 62.4 Å². The average Bonchev–Trinajstić information content (AvgIpc) is 2.13. The van der Waals surface area contributed by atoms with Crippen molar-refractivity contribution in [3.05, 3.63) is 23.8 Å². The molecule has 1 unspecified atom stereocenters. The molecule has 4 nitrogen and oxygen atoms in total. The van der Waals surface area contributed by atoms with Gasteiger partial charge in [0.05, 0.1) is 11.7 Å². The standard InChI is InChI=1S/C13H20N4/c1-8-11-9(16-12(14)15-8)6-5-7-10(11)17-13(2,3)4/h5-8,17H,1-4H3,(H3,14,15,16). The first-order chi connectivity index (χ1) is 7.87. The number of nitrogens with zero attached hydrogens (tertiary/aromatic N) is 1. The highest BCUT2D eigenvalue weighted by Crippen LogP contribution is 2.35. The van der Waals surface area contributed by atoms with E-state index in [9.17, 15) is 0 Å². The van der Waals surface area contributed by atoms with E-state index in [1.54, 1.807) is 0 Å². The van der Waals surface area contributed by atoms with E-state index in [0.29, 0.717) is 5.96 Å². The third-order valence-electron chi connectivity index (χ3n) is 2.63. The van der Waals surface area contributed by atoms with Crippen molar-refractivity contribution < 1.29 is 0 Å². The van der Waals surface area contributed by atoms with Crippen molar-refractivity contribution in [1.29, 1.82) is 0 Å². The van der Waals surface area contributed by atoms with E-state index < -0.39 is 0 Å². The van der Waals surface area contributed by atoms with Gasteiger partial charge < -0.3 is 16.4 Å². The second-order valence-electron chi connectivity index (χ2n) is 5.48. The number of rotatable bonds is 1. The Labute approximate surface area is 102 Å². The highest BCUT2D eigenvalue weighted by atomic mass is 15.1. The van der Waals surface area contributed by atoms with Crippen molar-refractivity contribution in [1.82, 2.24) is 5.32 Å². The van der Waals surface area contributed by atoms with Crippen LogP contribution in [0.3, 0.4) is 0 Å². The minimum absolute atomic E-state index is 0.0293. The number of benzene rings is 1. The van der Waals surface area contributed by atoms with Crippen molar-refractivity contribution >= 4 is 17.3 Å². The molecular formula is C13H20N4. The van der Waals surface area contributed by atoms with E-state index >= 15 is 0 Å². The zero-order valence-electron chi connectivity index (χ0n) is 10.8. The summed E-state index contributed by atoms with van der Waals surface area (Å²) in [5.41, 5.74) is 9.01. The van der Waals surface area contributed by atoms with Crippen LogP contribution < -0.4 is 16.4 Å². The minimum atomic E-state index is 0.0293. The fraction of sp³-hybridized carbons (Fsp3) is 0.462. The number of nitrogens with two attached hydrogens (primary N) is 1. The van der Waals surface area contributed by atoms with Crippen LogP contribution in [-0.2, 0) is 0 Å². The Hall–Kier alpha value is -1.71. The van der Waals surface area contributed by atoms with Crippen LogP contribution in [0.1, 0.15) is 39.3 Å². The maximum Gasteiger partial charge on any atom is 0.194 e. The monoisotopic (exact) mass is 232 g/mol. The molecule has 0 aliphatic carbocycles. The van der Waals surface area contributed by atoms with E-state index in [1.807, 2.05) is 12.1 Å². The summed E-state index contributed by atoms with van der Waals surface area (Å²) >= 11 is 0. The zero-order chi connectivity index (χ0) is 12.6. The molecule has 0 bridgehead atoms. The van der Waals surface area contributed by atoms with E-state index in [2.05, 4.69) is 49.4 Å². The molecule has 0 fully saturated rings. The zero-order valence-corrected chi connectivity index (χ0v) is 10.8. The van der Waals surface area contributed by atoms with Gasteiger partial charge in [0.15, 0.2) is 5.96 Å². The number of nitrogens with one attached hydrogen (secondary N) is 2. The first-order valence-electron chi connectivity index (χ1n) is 5.88. The molecule has 0 radical (unpaired) electrons. The highest BCUT2D eigenvalue weighted by molar-refractivity contribution is 5.86. The average molecular weight is 232 g/mol. The van der Waals surface area contributed by atoms with Crippen LogP contribution in [0.5, 0.6) is 0 Å². The molecule has 92 valence electrons. The molecule has 1 aromatic rings. The molecule has 1 aromatic carbocycles. The summed E-state index contributed by atoms with van der Waals surface area (Å²) in [5, 5.41) is 6.65. The van der Waals surface area contributed by atoms with Crippen molar-refractivity contribution in [2.75, 3.05) is 5.32 Å². The van der Waals surface area contributed by atoms with Gasteiger partial charge in [-0.1, -0.05) is 6.07 Å². The van der Waals surface area contributed by atoms with E-state index in [1.165, 1.54) is 5.56 Å². The molecule has 17 heavy (non-hydrogen) atoms. The summed E-state index contributed by atoms with van der Waals surface area (Å²) < 4.78 is 0. The molecule has 2 rings (SSSR count). The van der Waals surface area contributed by atoms with Crippen LogP contribution >= 0.6 is 0 Å². The van der Waals surface area contributed by atoms with Gasteiger partial charge >= 0.3 is 0 Å². The molecule has 4 N–H and O–H groups in total. The molecule has 1 aliphatic heterocycles. The van der Waals surface area contributed by atoms with Crippen molar-refractivity contribution in [3.63, 3.8) is 0 Å². The summed E-state index contributed by atoms with van der Waals surface area (Å²) in [6.45, 7) is 8.52. The second-order valence-corrected chi connectivity index (χ2v) is 5.48. The third kappa shape index (κ3) is 2.52. The summed E-state index contributed by atoms with van der Waals surface area (Å²) in [4.78, 5) is 4.33. The summed E-state index contributed by atoms with van der Waals surface area (Å²) in [6, 6.07) is 6.25. The van der Waals surface area contributed by atoms with Gasteiger partial charge in [0.2, 0.25) is 0 Å². The quantitative estimate of drug-likeness (QED) is 0.697. The lowest BCUT2D eigenvalue weighted by molar-refractivity contribution is 0.627. The van der Waals surface area contributed by atoms with Gasteiger partial charge in [-0.15, -0.1) is 0 Å². The van der Waals surface area contributed by atoms with Gasteiger partial charge in [-0.25, -0.2) is 4.99 Å². The number of hydrogen-bond acceptors (Lipinski definition) is 4. The summed E-state index contributed by atoms with van der Waals surface area (Å²) in [5.74, 6) is 0.484. The predicted molar refractivity (Wildman–Crippen MR) is 72.7 cm³/mol. The largest absolute Gasteiger partial charge is 0.380 e. The Bertz CT molecular complexity index is 457. The van der Waals surface area contributed by atoms with Crippen LogP contribution in [0.25, 0.3) is 0 Å². The maximum atomic E-state index is 5.74. The van der Waals surface area contributed by atoms with Gasteiger partial charge in [-0.2, -0.15) is 0 Å². The van der Waals surface area contributed by atoms with E-state index in [-0.39, 0.29) is 11.6 Å². The van der Waals surface area contributed by atoms with Crippen LogP contribution in [-0.4, -0.2) is 11.5 Å². The minimum Gasteiger partial charge on any atom is -0.380 e. The van der Waals surface area contributed by atoms with Gasteiger partial charge in [0.25, 0.3) is 0 Å². The van der Waals surface area contributed by atoms with Crippen LogP contribution in [0.4, 0.5) is 11.4 Å². The normalized spacial score (nSPS) is 19.1. The van der Waals surface area contributed by atoms with Crippen LogP contribution in [0, 0.1) is 0 Å². The lowest BCUT2D eigenvalue weighted by atomic mass is 10.00. The van der Waals surface area contributed by atoms with Gasteiger partial charge in [-0.05, 0) is 39.8 Å². The summed E-state index contributed by atoms with van der Waals surface area (Å²) in [6.07, 6.45) is 0. The maximum absolute atomic E-state index is 5.74. The van der Waals surface area contributed by atoms with Gasteiger partial charge in [0.1, 0.15) is 0 Å². The first-order valence-corrected chi connectivity index (χ1v) is 5.88. The lowest BCUT2D eigenvalue weighted by Crippen LogP contribution is -2.37. The molecule has 0 spiro atoms. The van der Waals surface area contributed by atoms with Crippen molar-refractivity contribution in [3.8, 4) is 0 Å². The van der Waals surface area contributed by atoms with E-state index in [0.717, 1.165) is 11.4 Å². The second kappa shape index (κ2) is 3.95. The van der Waals surface area contributed by atoms with Crippen molar-refractivity contribution in [2.45, 2.75) is 39.3 Å². The van der Waals surface area contributed by atoms with Gasteiger partial charge in [-0.3, -0.25) is 0 Å². The smallest absolute Gasteiger partial charge is 0.194 e. The Kier molecular flexibility index (Phi) is 2.73. The Morgan fingerprint density at radius 1 is 1.35 bits per heavy atom. The number of aliphatic imine (C=N–C) groups is 1. The molecule has 0 aromatic heterocycles. The number of fused-ring (bicyclic) bond motifs is 1. The Morgan fingerprint density at radius 3 is 2.71 bits per heavy atom. The van der Waals surface area contributed by atoms with E-state index in [4.69, 9.17) is 5.73 Å². The number of guanidine groups is 1. The number of anilines is 1. The molecule has 0 saturated carbocycles. The Balaban J connectivity index is 2.46. The number of hydrogen-bond donors (Lipinski definition) is 3. The molecule has 0 saturated heterocycles. The third-order valence-corrected chi connectivity index (χ3v) is 2.63. The lowest BCUT2D eigenvalue weighted by Gasteiger charge is -2.29. The molecule has 1 heterocycles. The molecule has 1 atom stereocenters. The van der Waals surface area contributed by atoms with Crippen LogP contribution in [0.2, 0.25) is 0 Å². The fourth-order valence-corrected chi connectivity index (χ4v) is 2.07. The van der Waals surface area contributed by atoms with Crippen LogP contribution in [0.15, 0.2) is 23.2 Å². The fourth-order valence-electron chi connectivity index (χ4n) is 2.07. The van der Waals surface area contributed by atoms with Gasteiger partial charge in [0, 0.05) is 16.8 Å².